The average Bonchev–Trinajstić information content (AvgIpc) is 2.65. The molecule has 7 nitrogen and oxygen atoms in total. The molecule has 0 amide bonds. The lowest BCUT2D eigenvalue weighted by atomic mass is 10.2. The molecule has 0 heterocycles. The first kappa shape index (κ1) is 21.1. The van der Waals surface area contributed by atoms with E-state index in [0.717, 1.165) is 0 Å². The van der Waals surface area contributed by atoms with Crippen molar-refractivity contribution in [1.29, 1.82) is 0 Å². The zero-order chi connectivity index (χ0) is 19.9. The molecule has 9 heteroatoms. The van der Waals surface area contributed by atoms with Gasteiger partial charge in [-0.2, -0.15) is 16.5 Å². The molecule has 2 aromatic rings. The number of hydrogen-bond donors (Lipinski definition) is 2. The normalized spacial score (nSPS) is 12.4. The summed E-state index contributed by atoms with van der Waals surface area (Å²) in [5, 5.41) is 9.20. The van der Waals surface area contributed by atoms with E-state index in [-0.39, 0.29) is 11.3 Å². The molecule has 0 bridgehead atoms. The summed E-state index contributed by atoms with van der Waals surface area (Å²) >= 11 is 1.45. The molecule has 146 valence electrons. The summed E-state index contributed by atoms with van der Waals surface area (Å²) in [4.78, 5) is 11.2. The Balaban J connectivity index is 2.14. The van der Waals surface area contributed by atoms with E-state index >= 15 is 0 Å². The number of carboxylic acids is 1. The van der Waals surface area contributed by atoms with Gasteiger partial charge in [0.05, 0.1) is 12.0 Å². The van der Waals surface area contributed by atoms with Crippen LogP contribution in [0.1, 0.15) is 6.42 Å². The van der Waals surface area contributed by atoms with Gasteiger partial charge in [-0.3, -0.25) is 4.79 Å². The number of aliphatic carboxylic acids is 1. The molecular weight excluding hydrogens is 390 g/mol. The number of ether oxygens (including phenoxy) is 2. The first-order valence-corrected chi connectivity index (χ1v) is 10.9. The maximum Gasteiger partial charge on any atom is 0.321 e. The van der Waals surface area contributed by atoms with Crippen LogP contribution in [-0.2, 0) is 14.8 Å². The van der Waals surface area contributed by atoms with E-state index in [1.54, 1.807) is 18.2 Å². The molecule has 0 radical (unpaired) electrons. The van der Waals surface area contributed by atoms with E-state index in [1.807, 2.05) is 12.3 Å². The molecule has 0 unspecified atom stereocenters. The Morgan fingerprint density at radius 1 is 1.15 bits per heavy atom. The highest BCUT2D eigenvalue weighted by atomic mass is 32.2. The van der Waals surface area contributed by atoms with E-state index in [2.05, 4.69) is 4.72 Å². The van der Waals surface area contributed by atoms with Crippen molar-refractivity contribution in [2.24, 2.45) is 0 Å². The molecule has 0 aliphatic heterocycles. The Morgan fingerprint density at radius 2 is 1.78 bits per heavy atom. The number of para-hydroxylation sites is 2. The molecule has 2 aromatic carbocycles. The molecule has 0 aromatic heterocycles. The maximum absolute atomic E-state index is 12.4. The molecule has 1 atom stereocenters. The van der Waals surface area contributed by atoms with Crippen LogP contribution < -0.4 is 14.2 Å². The highest BCUT2D eigenvalue weighted by Crippen LogP contribution is 2.31. The van der Waals surface area contributed by atoms with Crippen molar-refractivity contribution in [2.45, 2.75) is 17.4 Å². The smallest absolute Gasteiger partial charge is 0.321 e. The molecular formula is C18H21NO6S2. The fraction of sp³-hybridized carbons (Fsp3) is 0.278. The number of methoxy groups -OCH3 is 1. The Bertz CT molecular complexity index is 868. The summed E-state index contributed by atoms with van der Waals surface area (Å²) < 4.78 is 38.0. The predicted octanol–water partition coefficient (Wildman–Crippen LogP) is 2.97. The van der Waals surface area contributed by atoms with Crippen LogP contribution in [0.4, 0.5) is 0 Å². The van der Waals surface area contributed by atoms with Gasteiger partial charge in [0.1, 0.15) is 11.8 Å². The van der Waals surface area contributed by atoms with Gasteiger partial charge in [-0.15, -0.1) is 0 Å². The zero-order valence-electron chi connectivity index (χ0n) is 14.9. The molecule has 0 aliphatic rings. The molecule has 2 rings (SSSR count). The van der Waals surface area contributed by atoms with Gasteiger partial charge in [-0.1, -0.05) is 12.1 Å². The van der Waals surface area contributed by atoms with E-state index in [1.165, 1.54) is 43.1 Å². The lowest BCUT2D eigenvalue weighted by Crippen LogP contribution is -2.41. The zero-order valence-corrected chi connectivity index (χ0v) is 16.5. The number of carboxylic acid groups (broad SMARTS) is 1. The van der Waals surface area contributed by atoms with Crippen LogP contribution in [0, 0.1) is 0 Å². The molecule has 0 fully saturated rings. The quantitative estimate of drug-likeness (QED) is 0.620. The molecule has 27 heavy (non-hydrogen) atoms. The van der Waals surface area contributed by atoms with Crippen LogP contribution >= 0.6 is 11.8 Å². The predicted molar refractivity (Wildman–Crippen MR) is 104 cm³/mol. The van der Waals surface area contributed by atoms with Crippen molar-refractivity contribution in [3.63, 3.8) is 0 Å². The van der Waals surface area contributed by atoms with Crippen molar-refractivity contribution in [2.75, 3.05) is 19.1 Å². The van der Waals surface area contributed by atoms with E-state index in [0.29, 0.717) is 23.0 Å². The third kappa shape index (κ3) is 5.88. The maximum atomic E-state index is 12.4. The summed E-state index contributed by atoms with van der Waals surface area (Å²) in [7, 11) is -2.43. The Morgan fingerprint density at radius 3 is 2.33 bits per heavy atom. The number of sulfonamides is 1. The van der Waals surface area contributed by atoms with Gasteiger partial charge in [0.15, 0.2) is 11.5 Å². The molecule has 0 aliphatic carbocycles. The van der Waals surface area contributed by atoms with Crippen LogP contribution in [0.3, 0.4) is 0 Å². The van der Waals surface area contributed by atoms with Crippen LogP contribution in [0.5, 0.6) is 17.2 Å². The second-order valence-electron chi connectivity index (χ2n) is 5.52. The molecule has 0 saturated heterocycles. The standard InChI is InChI=1S/C18H21NO6S2/c1-24-16-5-3-4-6-17(16)25-13-7-9-14(10-8-13)27(22,23)19-15(18(20)21)11-12-26-2/h3-10,15,19H,11-12H2,1-2H3,(H,20,21)/t15-/m1/s1. The summed E-state index contributed by atoms with van der Waals surface area (Å²) in [5.74, 6) is 0.801. The van der Waals surface area contributed by atoms with Crippen LogP contribution in [0.15, 0.2) is 53.4 Å². The van der Waals surface area contributed by atoms with Gasteiger partial charge in [-0.25, -0.2) is 8.42 Å². The lowest BCUT2D eigenvalue weighted by Gasteiger charge is -2.15. The monoisotopic (exact) mass is 411 g/mol. The van der Waals surface area contributed by atoms with Crippen molar-refractivity contribution in [3.05, 3.63) is 48.5 Å². The molecule has 0 saturated carbocycles. The number of benzene rings is 2. The average molecular weight is 412 g/mol. The highest BCUT2D eigenvalue weighted by molar-refractivity contribution is 7.98. The number of nitrogens with one attached hydrogen (secondary N) is 1. The third-order valence-corrected chi connectivity index (χ3v) is 5.77. The topological polar surface area (TPSA) is 102 Å². The minimum absolute atomic E-state index is 0.0368. The fourth-order valence-corrected chi connectivity index (χ4v) is 3.94. The number of rotatable bonds is 10. The molecule has 2 N–H and O–H groups in total. The Hall–Kier alpha value is -2.23. The third-order valence-electron chi connectivity index (χ3n) is 3.64. The molecule has 0 spiro atoms. The Kier molecular flexibility index (Phi) is 7.52. The van der Waals surface area contributed by atoms with Gasteiger partial charge in [-0.05, 0) is 54.8 Å². The Labute approximate surface area is 162 Å². The highest BCUT2D eigenvalue weighted by Gasteiger charge is 2.25. The van der Waals surface area contributed by atoms with Gasteiger partial charge in [0.25, 0.3) is 0 Å². The van der Waals surface area contributed by atoms with Gasteiger partial charge in [0, 0.05) is 0 Å². The van der Waals surface area contributed by atoms with Crippen molar-refractivity contribution in [3.8, 4) is 17.2 Å². The second-order valence-corrected chi connectivity index (χ2v) is 8.22. The SMILES string of the molecule is COc1ccccc1Oc1ccc(S(=O)(=O)N[C@H](CCSC)C(=O)O)cc1. The first-order valence-electron chi connectivity index (χ1n) is 8.02. The van der Waals surface area contributed by atoms with Gasteiger partial charge < -0.3 is 14.6 Å². The van der Waals surface area contributed by atoms with Gasteiger partial charge >= 0.3 is 5.97 Å². The lowest BCUT2D eigenvalue weighted by molar-refractivity contribution is -0.139. The minimum Gasteiger partial charge on any atom is -0.493 e. The van der Waals surface area contributed by atoms with Crippen LogP contribution in [0.25, 0.3) is 0 Å². The number of thioether (sulfide) groups is 1. The summed E-state index contributed by atoms with van der Waals surface area (Å²) in [5.41, 5.74) is 0. The van der Waals surface area contributed by atoms with Crippen molar-refractivity contribution < 1.29 is 27.8 Å². The van der Waals surface area contributed by atoms with Crippen molar-refractivity contribution >= 4 is 27.8 Å². The number of hydrogen-bond acceptors (Lipinski definition) is 6. The number of carbonyl (C=O) groups is 1. The van der Waals surface area contributed by atoms with E-state index in [9.17, 15) is 18.3 Å². The second kappa shape index (κ2) is 9.63. The minimum atomic E-state index is -3.96. The van der Waals surface area contributed by atoms with Crippen molar-refractivity contribution in [1.82, 2.24) is 4.72 Å². The van der Waals surface area contributed by atoms with Gasteiger partial charge in [0.2, 0.25) is 10.0 Å². The fourth-order valence-electron chi connectivity index (χ4n) is 2.24. The largest absolute Gasteiger partial charge is 0.493 e. The van der Waals surface area contributed by atoms with Crippen LogP contribution in [0.2, 0.25) is 0 Å². The van der Waals surface area contributed by atoms with E-state index in [4.69, 9.17) is 9.47 Å². The summed E-state index contributed by atoms with van der Waals surface area (Å²) in [6.45, 7) is 0. The van der Waals surface area contributed by atoms with E-state index < -0.39 is 22.0 Å². The summed E-state index contributed by atoms with van der Waals surface area (Å²) in [6.07, 6.45) is 2.03. The summed E-state index contributed by atoms with van der Waals surface area (Å²) in [6, 6.07) is 11.6. The first-order chi connectivity index (χ1) is 12.9. The van der Waals surface area contributed by atoms with Crippen LogP contribution in [-0.4, -0.2) is 44.7 Å².